The number of aliphatic hydroxyl groups excluding tert-OH is 2. The predicted octanol–water partition coefficient (Wildman–Crippen LogP) is -0.232. The van der Waals surface area contributed by atoms with Crippen LogP contribution in [0.1, 0.15) is 6.92 Å². The van der Waals surface area contributed by atoms with Gasteiger partial charge in [0.1, 0.15) is 5.76 Å². The molecule has 0 rings (SSSR count). The summed E-state index contributed by atoms with van der Waals surface area (Å²) < 4.78 is 0. The van der Waals surface area contributed by atoms with E-state index in [-0.39, 0.29) is 12.4 Å². The average molecular weight is 117 g/mol. The molecular formula is C5H11NO2. The van der Waals surface area contributed by atoms with Gasteiger partial charge in [-0.05, 0) is 6.92 Å². The third-order valence-corrected chi connectivity index (χ3v) is 0.988. The molecule has 3 nitrogen and oxygen atoms in total. The van der Waals surface area contributed by atoms with Crippen LogP contribution in [0.25, 0.3) is 0 Å². The molecule has 0 saturated heterocycles. The Kier molecular flexibility index (Phi) is 2.01. The van der Waals surface area contributed by atoms with Crippen LogP contribution in [-0.4, -0.2) is 22.4 Å². The monoisotopic (exact) mass is 117 g/mol. The van der Waals surface area contributed by atoms with Crippen molar-refractivity contribution in [3.8, 4) is 0 Å². The molecule has 0 saturated carbocycles. The first-order chi connectivity index (χ1) is 3.50. The summed E-state index contributed by atoms with van der Waals surface area (Å²) in [5.74, 6) is -0.194. The normalized spacial score (nSPS) is 17.4. The number of hydrogen-bond donors (Lipinski definition) is 3. The summed E-state index contributed by atoms with van der Waals surface area (Å²) in [6, 6.07) is 0. The van der Waals surface area contributed by atoms with Gasteiger partial charge in [-0.25, -0.2) is 0 Å². The Balaban J connectivity index is 3.91. The largest absolute Gasteiger partial charge is 0.511 e. The number of nitrogens with two attached hydrogens (primary N) is 1. The van der Waals surface area contributed by atoms with E-state index in [2.05, 4.69) is 6.58 Å². The Morgan fingerprint density at radius 2 is 2.25 bits per heavy atom. The first-order valence-electron chi connectivity index (χ1n) is 2.29. The van der Waals surface area contributed by atoms with E-state index in [0.29, 0.717) is 0 Å². The van der Waals surface area contributed by atoms with Gasteiger partial charge < -0.3 is 15.9 Å². The quantitative estimate of drug-likeness (QED) is 0.437. The molecule has 3 heteroatoms. The van der Waals surface area contributed by atoms with Crippen molar-refractivity contribution in [1.82, 2.24) is 0 Å². The van der Waals surface area contributed by atoms with Gasteiger partial charge >= 0.3 is 0 Å². The second kappa shape index (κ2) is 2.15. The van der Waals surface area contributed by atoms with Crippen LogP contribution in [0.3, 0.4) is 0 Å². The maximum absolute atomic E-state index is 8.60. The molecule has 1 atom stereocenters. The molecule has 0 aromatic carbocycles. The second-order valence-corrected chi connectivity index (χ2v) is 2.02. The van der Waals surface area contributed by atoms with Crippen molar-refractivity contribution in [3.05, 3.63) is 12.3 Å². The number of aliphatic hydroxyl groups is 2. The molecule has 0 spiro atoms. The summed E-state index contributed by atoms with van der Waals surface area (Å²) in [6.45, 7) is 4.37. The van der Waals surface area contributed by atoms with Gasteiger partial charge in [0.15, 0.2) is 0 Å². The summed E-state index contributed by atoms with van der Waals surface area (Å²) in [5, 5.41) is 17.0. The maximum Gasteiger partial charge on any atom is 0.107 e. The van der Waals surface area contributed by atoms with Gasteiger partial charge in [0.05, 0.1) is 12.1 Å². The highest BCUT2D eigenvalue weighted by Crippen LogP contribution is 2.04. The Bertz CT molecular complexity index is 98.6. The van der Waals surface area contributed by atoms with E-state index in [4.69, 9.17) is 15.9 Å². The molecule has 0 aliphatic heterocycles. The van der Waals surface area contributed by atoms with Gasteiger partial charge in [-0.1, -0.05) is 6.58 Å². The Morgan fingerprint density at radius 1 is 1.88 bits per heavy atom. The minimum atomic E-state index is -1.04. The van der Waals surface area contributed by atoms with Crippen LogP contribution in [0.5, 0.6) is 0 Å². The van der Waals surface area contributed by atoms with Crippen molar-refractivity contribution in [2.24, 2.45) is 5.73 Å². The molecule has 0 bridgehead atoms. The Labute approximate surface area is 48.4 Å². The van der Waals surface area contributed by atoms with Crippen molar-refractivity contribution in [3.63, 3.8) is 0 Å². The van der Waals surface area contributed by atoms with E-state index in [9.17, 15) is 0 Å². The van der Waals surface area contributed by atoms with Gasteiger partial charge in [0, 0.05) is 0 Å². The fourth-order valence-electron chi connectivity index (χ4n) is 0.0913. The van der Waals surface area contributed by atoms with Gasteiger partial charge in [0.2, 0.25) is 0 Å². The summed E-state index contributed by atoms with van der Waals surface area (Å²) in [6.07, 6.45) is 0. The van der Waals surface area contributed by atoms with Gasteiger partial charge in [-0.2, -0.15) is 0 Å². The molecule has 4 N–H and O–H groups in total. The summed E-state index contributed by atoms with van der Waals surface area (Å²) in [5.41, 5.74) is 4.22. The summed E-state index contributed by atoms with van der Waals surface area (Å²) in [4.78, 5) is 0. The lowest BCUT2D eigenvalue weighted by Gasteiger charge is -2.18. The zero-order chi connectivity index (χ0) is 6.78. The number of rotatable bonds is 2. The SMILES string of the molecule is C=C(O)C(C)(N)CO. The van der Waals surface area contributed by atoms with E-state index >= 15 is 0 Å². The van der Waals surface area contributed by atoms with E-state index < -0.39 is 5.54 Å². The van der Waals surface area contributed by atoms with Gasteiger partial charge in [-0.15, -0.1) is 0 Å². The average Bonchev–Trinajstić information content (AvgIpc) is 1.67. The summed E-state index contributed by atoms with van der Waals surface area (Å²) >= 11 is 0. The van der Waals surface area contributed by atoms with Crippen molar-refractivity contribution in [1.29, 1.82) is 0 Å². The topological polar surface area (TPSA) is 66.5 Å². The molecule has 0 aliphatic carbocycles. The third kappa shape index (κ3) is 1.52. The van der Waals surface area contributed by atoms with Gasteiger partial charge in [0.25, 0.3) is 0 Å². The van der Waals surface area contributed by atoms with E-state index in [1.807, 2.05) is 0 Å². The highest BCUT2D eigenvalue weighted by Gasteiger charge is 2.19. The van der Waals surface area contributed by atoms with Gasteiger partial charge in [-0.3, -0.25) is 0 Å². The highest BCUT2D eigenvalue weighted by molar-refractivity contribution is 5.03. The van der Waals surface area contributed by atoms with Crippen LogP contribution in [0.2, 0.25) is 0 Å². The van der Waals surface area contributed by atoms with Crippen LogP contribution >= 0.6 is 0 Å². The second-order valence-electron chi connectivity index (χ2n) is 2.02. The van der Waals surface area contributed by atoms with Crippen molar-refractivity contribution < 1.29 is 10.2 Å². The minimum Gasteiger partial charge on any atom is -0.511 e. The molecule has 0 aromatic rings. The molecule has 0 aliphatic rings. The van der Waals surface area contributed by atoms with Crippen LogP contribution in [0, 0.1) is 0 Å². The fourth-order valence-corrected chi connectivity index (χ4v) is 0.0913. The van der Waals surface area contributed by atoms with Crippen LogP contribution in [-0.2, 0) is 0 Å². The van der Waals surface area contributed by atoms with Crippen LogP contribution < -0.4 is 5.73 Å². The van der Waals surface area contributed by atoms with Crippen molar-refractivity contribution in [2.45, 2.75) is 12.5 Å². The lowest BCUT2D eigenvalue weighted by molar-refractivity contribution is 0.188. The molecule has 1 unspecified atom stereocenters. The zero-order valence-electron chi connectivity index (χ0n) is 4.89. The minimum absolute atomic E-state index is 0.194. The third-order valence-electron chi connectivity index (χ3n) is 0.988. The smallest absolute Gasteiger partial charge is 0.107 e. The van der Waals surface area contributed by atoms with Crippen molar-refractivity contribution >= 4 is 0 Å². The fraction of sp³-hybridized carbons (Fsp3) is 0.600. The Morgan fingerprint density at radius 3 is 2.25 bits per heavy atom. The lowest BCUT2D eigenvalue weighted by Crippen LogP contribution is -2.41. The van der Waals surface area contributed by atoms with Crippen molar-refractivity contribution in [2.75, 3.05) is 6.61 Å². The predicted molar refractivity (Wildman–Crippen MR) is 31.4 cm³/mol. The molecule has 0 heterocycles. The standard InChI is InChI=1S/C5H11NO2/c1-4(8)5(2,6)3-7/h7-8H,1,3,6H2,2H3. The summed E-state index contributed by atoms with van der Waals surface area (Å²) in [7, 11) is 0. The molecule has 0 aromatic heterocycles. The molecular weight excluding hydrogens is 106 g/mol. The van der Waals surface area contributed by atoms with Crippen LogP contribution in [0.15, 0.2) is 12.3 Å². The first kappa shape index (κ1) is 7.46. The molecule has 8 heavy (non-hydrogen) atoms. The molecule has 0 fully saturated rings. The first-order valence-corrected chi connectivity index (χ1v) is 2.29. The Hall–Kier alpha value is -0.540. The van der Waals surface area contributed by atoms with E-state index in [1.165, 1.54) is 6.92 Å². The zero-order valence-corrected chi connectivity index (χ0v) is 4.89. The molecule has 48 valence electrons. The highest BCUT2D eigenvalue weighted by atomic mass is 16.3. The molecule has 0 amide bonds. The number of hydrogen-bond acceptors (Lipinski definition) is 3. The van der Waals surface area contributed by atoms with E-state index in [0.717, 1.165) is 0 Å². The molecule has 0 radical (unpaired) electrons. The maximum atomic E-state index is 8.60. The van der Waals surface area contributed by atoms with E-state index in [1.54, 1.807) is 0 Å². The van der Waals surface area contributed by atoms with Crippen LogP contribution in [0.4, 0.5) is 0 Å². The lowest BCUT2D eigenvalue weighted by atomic mass is 10.0.